The van der Waals surface area contributed by atoms with Crippen LogP contribution >= 0.6 is 0 Å². The minimum absolute atomic E-state index is 0.0252. The lowest BCUT2D eigenvalue weighted by atomic mass is 9.94. The standard InChI is InChI=1S/C27H32F2N2O6/c1-26(2,3)37-23(33)11-12-27(25(34)30-16-18-5-10-21(28)22(29)15-18)17-36-24(31-27)19-6-8-20(9-7-19)35-14-4-13-32/h5-10,15,32H,4,11-14,16-17H2,1-3H3,(H,30,34)/t27-/m1/s1. The second kappa shape index (κ2) is 12.1. The van der Waals surface area contributed by atoms with Gasteiger partial charge >= 0.3 is 5.97 Å². The molecule has 0 saturated heterocycles. The first kappa shape index (κ1) is 28.0. The number of hydrogen-bond acceptors (Lipinski definition) is 7. The fourth-order valence-corrected chi connectivity index (χ4v) is 3.60. The lowest BCUT2D eigenvalue weighted by Crippen LogP contribution is -2.47. The van der Waals surface area contributed by atoms with Crippen LogP contribution in [-0.4, -0.2) is 53.8 Å². The number of hydrogen-bond donors (Lipinski definition) is 2. The molecule has 200 valence electrons. The number of nitrogens with one attached hydrogen (secondary N) is 1. The molecule has 0 radical (unpaired) electrons. The first-order chi connectivity index (χ1) is 17.5. The Bertz CT molecular complexity index is 1130. The molecule has 8 nitrogen and oxygen atoms in total. The fraction of sp³-hybridized carbons (Fsp3) is 0.444. The van der Waals surface area contributed by atoms with E-state index in [1.54, 1.807) is 45.0 Å². The fourth-order valence-electron chi connectivity index (χ4n) is 3.60. The molecule has 10 heteroatoms. The molecule has 2 aromatic carbocycles. The van der Waals surface area contributed by atoms with Crippen LogP contribution in [0.25, 0.3) is 0 Å². The molecule has 2 N–H and O–H groups in total. The van der Waals surface area contributed by atoms with Crippen molar-refractivity contribution in [2.24, 2.45) is 4.99 Å². The first-order valence-electron chi connectivity index (χ1n) is 12.0. The number of esters is 1. The van der Waals surface area contributed by atoms with E-state index in [1.165, 1.54) is 6.07 Å². The zero-order valence-electron chi connectivity index (χ0n) is 21.2. The van der Waals surface area contributed by atoms with E-state index in [9.17, 15) is 18.4 Å². The Hall–Kier alpha value is -3.53. The normalized spacial score (nSPS) is 17.1. The third kappa shape index (κ3) is 7.98. The number of aliphatic imine (C=N–C) groups is 1. The summed E-state index contributed by atoms with van der Waals surface area (Å²) in [6.07, 6.45) is 0.461. The highest BCUT2D eigenvalue weighted by atomic mass is 19.2. The third-order valence-corrected chi connectivity index (χ3v) is 5.46. The summed E-state index contributed by atoms with van der Waals surface area (Å²) < 4.78 is 43.5. The Balaban J connectivity index is 1.77. The van der Waals surface area contributed by atoms with Gasteiger partial charge in [0.15, 0.2) is 17.2 Å². The minimum atomic E-state index is -1.42. The SMILES string of the molecule is CC(C)(C)OC(=O)CC[C@]1(C(=O)NCc2ccc(F)c(F)c2)COC(c2ccc(OCCCO)cc2)=N1. The Morgan fingerprint density at radius 2 is 1.86 bits per heavy atom. The van der Waals surface area contributed by atoms with Gasteiger partial charge in [-0.25, -0.2) is 13.8 Å². The van der Waals surface area contributed by atoms with E-state index in [0.29, 0.717) is 29.9 Å². The Kier molecular flexibility index (Phi) is 9.20. The average Bonchev–Trinajstić information content (AvgIpc) is 3.29. The quantitative estimate of drug-likeness (QED) is 0.347. The molecule has 0 aliphatic carbocycles. The Morgan fingerprint density at radius 1 is 1.14 bits per heavy atom. The summed E-state index contributed by atoms with van der Waals surface area (Å²) in [6, 6.07) is 10.3. The summed E-state index contributed by atoms with van der Waals surface area (Å²) in [6.45, 7) is 5.49. The number of aliphatic hydroxyl groups is 1. The van der Waals surface area contributed by atoms with Crippen molar-refractivity contribution in [3.63, 3.8) is 0 Å². The summed E-state index contributed by atoms with van der Waals surface area (Å²) >= 11 is 0. The number of amides is 1. The Labute approximate surface area is 214 Å². The van der Waals surface area contributed by atoms with Gasteiger partial charge < -0.3 is 24.6 Å². The van der Waals surface area contributed by atoms with E-state index in [0.717, 1.165) is 12.1 Å². The van der Waals surface area contributed by atoms with E-state index in [4.69, 9.17) is 19.3 Å². The predicted molar refractivity (Wildman–Crippen MR) is 132 cm³/mol. The predicted octanol–water partition coefficient (Wildman–Crippen LogP) is 3.68. The topological polar surface area (TPSA) is 106 Å². The van der Waals surface area contributed by atoms with Gasteiger partial charge in [-0.2, -0.15) is 0 Å². The molecule has 2 aromatic rings. The number of aliphatic hydroxyl groups excluding tert-OH is 1. The summed E-state index contributed by atoms with van der Waals surface area (Å²) in [5, 5.41) is 11.6. The van der Waals surface area contributed by atoms with Crippen molar-refractivity contribution in [2.45, 2.75) is 57.7 Å². The molecule has 1 aliphatic heterocycles. The minimum Gasteiger partial charge on any atom is -0.494 e. The van der Waals surface area contributed by atoms with Gasteiger partial charge in [0.05, 0.1) is 6.61 Å². The first-order valence-corrected chi connectivity index (χ1v) is 12.0. The van der Waals surface area contributed by atoms with Gasteiger partial charge in [0.25, 0.3) is 5.91 Å². The maximum absolute atomic E-state index is 13.6. The van der Waals surface area contributed by atoms with Crippen LogP contribution < -0.4 is 10.1 Å². The van der Waals surface area contributed by atoms with Gasteiger partial charge in [-0.05, 0) is 69.2 Å². The zero-order chi connectivity index (χ0) is 27.1. The molecular formula is C27H32F2N2O6. The molecule has 1 aliphatic rings. The van der Waals surface area contributed by atoms with E-state index in [-0.39, 0.29) is 38.5 Å². The second-order valence-corrected chi connectivity index (χ2v) is 9.70. The number of benzene rings is 2. The molecule has 0 bridgehead atoms. The van der Waals surface area contributed by atoms with Gasteiger partial charge in [0, 0.05) is 31.6 Å². The number of nitrogens with zero attached hydrogens (tertiary/aromatic N) is 1. The highest BCUT2D eigenvalue weighted by Crippen LogP contribution is 2.29. The van der Waals surface area contributed by atoms with Gasteiger partial charge in [0.1, 0.15) is 18.0 Å². The molecule has 37 heavy (non-hydrogen) atoms. The van der Waals surface area contributed by atoms with Gasteiger partial charge in [-0.3, -0.25) is 9.59 Å². The van der Waals surface area contributed by atoms with Crippen LogP contribution in [0.3, 0.4) is 0 Å². The summed E-state index contributed by atoms with van der Waals surface area (Å²) in [7, 11) is 0. The largest absolute Gasteiger partial charge is 0.494 e. The van der Waals surface area contributed by atoms with Gasteiger partial charge in [-0.15, -0.1) is 0 Å². The van der Waals surface area contributed by atoms with E-state index >= 15 is 0 Å². The van der Waals surface area contributed by atoms with Crippen molar-refractivity contribution >= 4 is 17.8 Å². The number of halogens is 2. The molecule has 1 heterocycles. The summed E-state index contributed by atoms with van der Waals surface area (Å²) in [5.74, 6) is -2.15. The molecule has 0 unspecified atom stereocenters. The highest BCUT2D eigenvalue weighted by Gasteiger charge is 2.44. The van der Waals surface area contributed by atoms with Crippen molar-refractivity contribution in [1.29, 1.82) is 0 Å². The molecule has 1 amide bonds. The highest BCUT2D eigenvalue weighted by molar-refractivity contribution is 6.00. The number of carbonyl (C=O) groups is 2. The second-order valence-electron chi connectivity index (χ2n) is 9.70. The van der Waals surface area contributed by atoms with Crippen LogP contribution in [-0.2, 0) is 25.6 Å². The maximum atomic E-state index is 13.6. The molecule has 0 aromatic heterocycles. The lowest BCUT2D eigenvalue weighted by Gasteiger charge is -2.24. The summed E-state index contributed by atoms with van der Waals surface area (Å²) in [4.78, 5) is 30.3. The zero-order valence-corrected chi connectivity index (χ0v) is 21.2. The van der Waals surface area contributed by atoms with E-state index < -0.39 is 34.7 Å². The van der Waals surface area contributed by atoms with Gasteiger partial charge in [-0.1, -0.05) is 6.07 Å². The molecule has 1 atom stereocenters. The Morgan fingerprint density at radius 3 is 2.51 bits per heavy atom. The van der Waals surface area contributed by atoms with Crippen LogP contribution in [0.15, 0.2) is 47.5 Å². The molecule has 0 saturated carbocycles. The van der Waals surface area contributed by atoms with Gasteiger partial charge in [0.2, 0.25) is 5.90 Å². The van der Waals surface area contributed by atoms with Crippen molar-refractivity contribution in [2.75, 3.05) is 19.8 Å². The van der Waals surface area contributed by atoms with Crippen LogP contribution in [0.4, 0.5) is 8.78 Å². The van der Waals surface area contributed by atoms with E-state index in [2.05, 4.69) is 10.3 Å². The molecule has 0 spiro atoms. The monoisotopic (exact) mass is 518 g/mol. The average molecular weight is 519 g/mol. The van der Waals surface area contributed by atoms with Crippen molar-refractivity contribution < 1.29 is 37.7 Å². The van der Waals surface area contributed by atoms with Crippen molar-refractivity contribution in [3.8, 4) is 5.75 Å². The van der Waals surface area contributed by atoms with Crippen molar-refractivity contribution in [1.82, 2.24) is 5.32 Å². The third-order valence-electron chi connectivity index (χ3n) is 5.46. The summed E-state index contributed by atoms with van der Waals surface area (Å²) in [5.41, 5.74) is -1.11. The smallest absolute Gasteiger partial charge is 0.306 e. The van der Waals surface area contributed by atoms with E-state index in [1.807, 2.05) is 0 Å². The lowest BCUT2D eigenvalue weighted by molar-refractivity contribution is -0.155. The number of rotatable bonds is 11. The molecular weight excluding hydrogens is 486 g/mol. The van der Waals surface area contributed by atoms with Crippen LogP contribution in [0, 0.1) is 11.6 Å². The maximum Gasteiger partial charge on any atom is 0.306 e. The number of ether oxygens (including phenoxy) is 3. The van der Waals surface area contributed by atoms with Crippen LogP contribution in [0.5, 0.6) is 5.75 Å². The van der Waals surface area contributed by atoms with Crippen LogP contribution in [0.1, 0.15) is 51.2 Å². The molecule has 0 fully saturated rings. The van der Waals surface area contributed by atoms with Crippen LogP contribution in [0.2, 0.25) is 0 Å². The molecule has 3 rings (SSSR count). The number of carbonyl (C=O) groups excluding carboxylic acids is 2. The van der Waals surface area contributed by atoms with Crippen molar-refractivity contribution in [3.05, 3.63) is 65.2 Å².